The van der Waals surface area contributed by atoms with Crippen LogP contribution in [0.1, 0.15) is 37.6 Å². The second-order valence-electron chi connectivity index (χ2n) is 4.68. The maximum absolute atomic E-state index is 12.0. The molecule has 1 heterocycles. The molecule has 4 heteroatoms. The summed E-state index contributed by atoms with van der Waals surface area (Å²) in [6.07, 6.45) is 0.247. The zero-order chi connectivity index (χ0) is 14.0. The Morgan fingerprint density at radius 1 is 1.32 bits per heavy atom. The predicted molar refractivity (Wildman–Crippen MR) is 72.3 cm³/mol. The number of hydrogen-bond acceptors (Lipinski definition) is 4. The normalized spacial score (nSPS) is 23.0. The molecule has 4 nitrogen and oxygen atoms in total. The molecule has 1 fully saturated rings. The van der Waals surface area contributed by atoms with Gasteiger partial charge in [-0.3, -0.25) is 14.5 Å². The Kier molecular flexibility index (Phi) is 4.00. The number of para-hydroxylation sites is 1. The maximum Gasteiger partial charge on any atom is 0.214 e. The van der Waals surface area contributed by atoms with Crippen molar-refractivity contribution in [2.24, 2.45) is 0 Å². The molecule has 102 valence electrons. The molecule has 1 aromatic carbocycles. The van der Waals surface area contributed by atoms with E-state index in [1.54, 1.807) is 24.3 Å². The van der Waals surface area contributed by atoms with Gasteiger partial charge in [0.15, 0.2) is 5.78 Å². The number of ketones is 2. The van der Waals surface area contributed by atoms with E-state index in [0.717, 1.165) is 13.0 Å². The van der Waals surface area contributed by atoms with Crippen molar-refractivity contribution in [3.63, 3.8) is 0 Å². The fourth-order valence-electron chi connectivity index (χ4n) is 2.50. The van der Waals surface area contributed by atoms with Gasteiger partial charge in [0.05, 0.1) is 11.6 Å². The molecule has 2 rings (SSSR count). The molecule has 2 unspecified atom stereocenters. The fourth-order valence-corrected chi connectivity index (χ4v) is 2.50. The molecule has 1 aliphatic heterocycles. The smallest absolute Gasteiger partial charge is 0.214 e. The highest BCUT2D eigenvalue weighted by Gasteiger charge is 2.47. The highest BCUT2D eigenvalue weighted by atomic mass is 16.5. The standard InChI is InChI=1S/C15H19NO3/c1-4-12-14(18)15(16(12)5-2)19-13-9-7-6-8-11(13)10(3)17/h6-9,12,15H,4-5H2,1-3H3. The Hall–Kier alpha value is -1.68. The van der Waals surface area contributed by atoms with E-state index < -0.39 is 6.23 Å². The van der Waals surface area contributed by atoms with Crippen molar-refractivity contribution in [2.75, 3.05) is 6.54 Å². The first-order valence-electron chi connectivity index (χ1n) is 6.66. The maximum atomic E-state index is 12.0. The van der Waals surface area contributed by atoms with Gasteiger partial charge in [-0.25, -0.2) is 0 Å². The molecule has 19 heavy (non-hydrogen) atoms. The van der Waals surface area contributed by atoms with Crippen LogP contribution in [0.5, 0.6) is 5.75 Å². The van der Waals surface area contributed by atoms with Crippen LogP contribution in [0.3, 0.4) is 0 Å². The first kappa shape index (κ1) is 13.7. The van der Waals surface area contributed by atoms with Gasteiger partial charge >= 0.3 is 0 Å². The number of likely N-dealkylation sites (N-methyl/N-ethyl adjacent to an activating group) is 1. The Morgan fingerprint density at radius 2 is 2.00 bits per heavy atom. The van der Waals surface area contributed by atoms with E-state index in [4.69, 9.17) is 4.74 Å². The van der Waals surface area contributed by atoms with Crippen LogP contribution >= 0.6 is 0 Å². The third kappa shape index (κ3) is 2.40. The van der Waals surface area contributed by atoms with E-state index in [1.165, 1.54) is 6.92 Å². The van der Waals surface area contributed by atoms with Crippen LogP contribution in [-0.2, 0) is 4.79 Å². The number of carbonyl (C=O) groups is 2. The van der Waals surface area contributed by atoms with Crippen LogP contribution < -0.4 is 4.74 Å². The summed E-state index contributed by atoms with van der Waals surface area (Å²) in [6, 6.07) is 7.00. The van der Waals surface area contributed by atoms with Crippen LogP contribution in [0.25, 0.3) is 0 Å². The third-order valence-corrected chi connectivity index (χ3v) is 3.53. The average Bonchev–Trinajstić information content (AvgIpc) is 2.41. The summed E-state index contributed by atoms with van der Waals surface area (Å²) in [6.45, 7) is 6.25. The van der Waals surface area contributed by atoms with Crippen molar-refractivity contribution in [2.45, 2.75) is 39.5 Å². The quantitative estimate of drug-likeness (QED) is 0.763. The molecule has 0 spiro atoms. The van der Waals surface area contributed by atoms with Crippen LogP contribution in [0.15, 0.2) is 24.3 Å². The monoisotopic (exact) mass is 261 g/mol. The molecule has 0 bridgehead atoms. The average molecular weight is 261 g/mol. The molecule has 0 amide bonds. The van der Waals surface area contributed by atoms with E-state index in [9.17, 15) is 9.59 Å². The number of ether oxygens (including phenoxy) is 1. The van der Waals surface area contributed by atoms with Crippen molar-refractivity contribution < 1.29 is 14.3 Å². The first-order chi connectivity index (χ1) is 9.10. The molecular formula is C15H19NO3. The molecule has 0 radical (unpaired) electrons. The van der Waals surface area contributed by atoms with Crippen LogP contribution in [-0.4, -0.2) is 35.3 Å². The van der Waals surface area contributed by atoms with Crippen molar-refractivity contribution in [1.29, 1.82) is 0 Å². The number of rotatable bonds is 5. The summed E-state index contributed by atoms with van der Waals surface area (Å²) in [5, 5.41) is 0. The minimum atomic E-state index is -0.546. The van der Waals surface area contributed by atoms with Gasteiger partial charge in [0.1, 0.15) is 5.75 Å². The number of Topliss-reactive ketones (excluding diaryl/α,β-unsaturated/α-hetero) is 2. The fraction of sp³-hybridized carbons (Fsp3) is 0.467. The molecule has 1 aliphatic rings. The third-order valence-electron chi connectivity index (χ3n) is 3.53. The molecule has 0 aliphatic carbocycles. The lowest BCUT2D eigenvalue weighted by Gasteiger charge is -2.45. The summed E-state index contributed by atoms with van der Waals surface area (Å²) < 4.78 is 5.75. The number of hydrogen-bond donors (Lipinski definition) is 0. The second kappa shape index (κ2) is 5.53. The van der Waals surface area contributed by atoms with Gasteiger partial charge < -0.3 is 4.74 Å². The van der Waals surface area contributed by atoms with E-state index >= 15 is 0 Å². The molecule has 1 saturated heterocycles. The van der Waals surface area contributed by atoms with Crippen molar-refractivity contribution in [1.82, 2.24) is 4.90 Å². The molecular weight excluding hydrogens is 242 g/mol. The van der Waals surface area contributed by atoms with Crippen LogP contribution in [0, 0.1) is 0 Å². The Bertz CT molecular complexity index is 498. The molecule has 0 N–H and O–H groups in total. The predicted octanol–water partition coefficient (Wildman–Crippen LogP) is 2.28. The zero-order valence-corrected chi connectivity index (χ0v) is 11.6. The minimum absolute atomic E-state index is 0.0421. The van der Waals surface area contributed by atoms with Crippen molar-refractivity contribution in [3.05, 3.63) is 29.8 Å². The lowest BCUT2D eigenvalue weighted by atomic mass is 9.96. The SMILES string of the molecule is CCC1C(=O)C(Oc2ccccc2C(C)=O)N1CC. The van der Waals surface area contributed by atoms with Gasteiger partial charge in [-0.15, -0.1) is 0 Å². The van der Waals surface area contributed by atoms with E-state index in [1.807, 2.05) is 18.7 Å². The summed E-state index contributed by atoms with van der Waals surface area (Å²) in [5.41, 5.74) is 0.520. The van der Waals surface area contributed by atoms with E-state index in [-0.39, 0.29) is 17.6 Å². The Balaban J connectivity index is 2.18. The topological polar surface area (TPSA) is 46.6 Å². The number of nitrogens with zero attached hydrogens (tertiary/aromatic N) is 1. The highest BCUT2D eigenvalue weighted by Crippen LogP contribution is 2.28. The largest absolute Gasteiger partial charge is 0.467 e. The lowest BCUT2D eigenvalue weighted by molar-refractivity contribution is -0.164. The Labute approximate surface area is 113 Å². The number of benzene rings is 1. The summed E-state index contributed by atoms with van der Waals surface area (Å²) >= 11 is 0. The van der Waals surface area contributed by atoms with Crippen LogP contribution in [0.2, 0.25) is 0 Å². The van der Waals surface area contributed by atoms with Gasteiger partial charge in [-0.05, 0) is 32.0 Å². The van der Waals surface area contributed by atoms with Gasteiger partial charge in [0.25, 0.3) is 0 Å². The van der Waals surface area contributed by atoms with E-state index in [0.29, 0.717) is 11.3 Å². The number of likely N-dealkylation sites (tertiary alicyclic amines) is 1. The molecule has 0 aromatic heterocycles. The summed E-state index contributed by atoms with van der Waals surface area (Å²) in [7, 11) is 0. The molecule has 2 atom stereocenters. The molecule has 1 aromatic rings. The second-order valence-corrected chi connectivity index (χ2v) is 4.68. The summed E-state index contributed by atoms with van der Waals surface area (Å²) in [4.78, 5) is 25.5. The minimum Gasteiger partial charge on any atom is -0.467 e. The van der Waals surface area contributed by atoms with Gasteiger partial charge in [-0.1, -0.05) is 26.0 Å². The highest BCUT2D eigenvalue weighted by molar-refractivity contribution is 5.97. The number of carbonyl (C=O) groups excluding carboxylic acids is 2. The van der Waals surface area contributed by atoms with Crippen molar-refractivity contribution in [3.8, 4) is 5.75 Å². The van der Waals surface area contributed by atoms with Crippen molar-refractivity contribution >= 4 is 11.6 Å². The zero-order valence-electron chi connectivity index (χ0n) is 11.6. The Morgan fingerprint density at radius 3 is 2.58 bits per heavy atom. The van der Waals surface area contributed by atoms with Gasteiger partial charge in [0, 0.05) is 0 Å². The lowest BCUT2D eigenvalue weighted by Crippen LogP contribution is -2.66. The van der Waals surface area contributed by atoms with Gasteiger partial charge in [0.2, 0.25) is 12.0 Å². The first-order valence-corrected chi connectivity index (χ1v) is 6.66. The van der Waals surface area contributed by atoms with E-state index in [2.05, 4.69) is 0 Å². The van der Waals surface area contributed by atoms with Gasteiger partial charge in [-0.2, -0.15) is 0 Å². The van der Waals surface area contributed by atoms with Crippen LogP contribution in [0.4, 0.5) is 0 Å². The summed E-state index contributed by atoms with van der Waals surface area (Å²) in [5.74, 6) is 0.529. The molecule has 0 saturated carbocycles.